The Balaban J connectivity index is 0.000000291. The summed E-state index contributed by atoms with van der Waals surface area (Å²) < 4.78 is 48.6. The lowest BCUT2D eigenvalue weighted by Crippen LogP contribution is -2.10. The normalized spacial score (nSPS) is 10.4. The molecule has 0 heterocycles. The molecule has 6 rings (SSSR count). The average Bonchev–Trinajstić information content (AvgIpc) is 3.46. The van der Waals surface area contributed by atoms with Gasteiger partial charge >= 0.3 is 35.8 Å². The van der Waals surface area contributed by atoms with Gasteiger partial charge in [-0.15, -0.1) is 11.8 Å². The molecule has 0 aromatic heterocycles. The van der Waals surface area contributed by atoms with E-state index in [0.29, 0.717) is 133 Å². The summed E-state index contributed by atoms with van der Waals surface area (Å²) in [5.41, 5.74) is 2.10. The van der Waals surface area contributed by atoms with Gasteiger partial charge in [0.2, 0.25) is 0 Å². The van der Waals surface area contributed by atoms with Crippen molar-refractivity contribution >= 4 is 47.6 Å². The first kappa shape index (κ1) is 61.2. The van der Waals surface area contributed by atoms with Crippen LogP contribution in [0.1, 0.15) is 106 Å². The Morgan fingerprint density at radius 2 is 0.785 bits per heavy atom. The molecule has 15 nitrogen and oxygen atoms in total. The van der Waals surface area contributed by atoms with Gasteiger partial charge in [0.1, 0.15) is 40.2 Å². The summed E-state index contributed by atoms with van der Waals surface area (Å²) in [6, 6.07) is 38.4. The van der Waals surface area contributed by atoms with Crippen LogP contribution >= 0.6 is 11.8 Å². The van der Waals surface area contributed by atoms with Crippen LogP contribution in [0.25, 0.3) is 0 Å². The Labute approximate surface area is 465 Å². The summed E-state index contributed by atoms with van der Waals surface area (Å²) in [4.78, 5) is 73.3. The smallest absolute Gasteiger partial charge is 0.343 e. The number of esters is 6. The Morgan fingerprint density at radius 3 is 1.16 bits per heavy atom. The number of aryl methyl sites for hydroxylation is 1. The van der Waals surface area contributed by atoms with Crippen LogP contribution in [0, 0.1) is 12.8 Å². The molecule has 16 heteroatoms. The first-order valence-corrected chi connectivity index (χ1v) is 26.8. The van der Waals surface area contributed by atoms with Gasteiger partial charge in [0.25, 0.3) is 0 Å². The van der Waals surface area contributed by atoms with Crippen molar-refractivity contribution in [3.8, 4) is 40.2 Å². The van der Waals surface area contributed by atoms with Gasteiger partial charge < -0.3 is 42.6 Å². The quantitative estimate of drug-likeness (QED) is 0.0142. The third-order valence-corrected chi connectivity index (χ3v) is 12.4. The summed E-state index contributed by atoms with van der Waals surface area (Å²) in [5, 5.41) is 0. The monoisotopic (exact) mass is 1090 g/mol. The van der Waals surface area contributed by atoms with Crippen LogP contribution in [0.4, 0.5) is 0 Å². The number of unbranched alkanes of at least 4 members (excludes halogenated alkanes) is 3. The molecular formula is C63H66O15S. The molecule has 0 fully saturated rings. The third-order valence-electron chi connectivity index (χ3n) is 11.0. The van der Waals surface area contributed by atoms with E-state index in [2.05, 4.69) is 33.9 Å². The van der Waals surface area contributed by atoms with Gasteiger partial charge in [-0.1, -0.05) is 40.3 Å². The topological polar surface area (TPSA) is 185 Å². The fourth-order valence-electron chi connectivity index (χ4n) is 6.63. The number of hydrogen-bond acceptors (Lipinski definition) is 16. The van der Waals surface area contributed by atoms with Crippen LogP contribution in [0.2, 0.25) is 0 Å². The van der Waals surface area contributed by atoms with Crippen molar-refractivity contribution in [2.24, 2.45) is 5.92 Å². The Kier molecular flexibility index (Phi) is 26.0. The van der Waals surface area contributed by atoms with Crippen molar-refractivity contribution in [2.45, 2.75) is 71.1 Å². The zero-order valence-electron chi connectivity index (χ0n) is 44.9. The SMILES string of the molecule is C=CC(=O)OCCCCOc1ccc(C(=O)Oc2ccc(C(=O)Oc3ccc(SCC(C)C)cc3)cc2)cc1.C=CC(=O)OCCCCOc1ccc(C(=O)Oc2ccc(OC(=O)c3ccc(OCCCC)cc3)c(C)c2)cc1. The van der Waals surface area contributed by atoms with Crippen LogP contribution < -0.4 is 33.2 Å². The third kappa shape index (κ3) is 22.5. The molecular weight excluding hydrogens is 1030 g/mol. The zero-order valence-corrected chi connectivity index (χ0v) is 45.8. The second kappa shape index (κ2) is 33.5. The Hall–Kier alpha value is -8.63. The minimum Gasteiger partial charge on any atom is -0.494 e. The lowest BCUT2D eigenvalue weighted by molar-refractivity contribution is -0.138. The van der Waals surface area contributed by atoms with Gasteiger partial charge in [0.05, 0.1) is 55.3 Å². The first-order chi connectivity index (χ1) is 38.2. The standard InChI is InChI=1S/C32H34O8.C31H32O7S/c1-4-6-19-36-26-15-11-25(12-16-26)32(35)40-29-18-17-28(22-23(29)3)39-31(34)24-9-13-27(14-10-24)37-20-7-8-21-38-30(33)5-2;1-4-29(32)36-20-6-5-19-35-25-11-7-23(8-12-25)30(33)37-26-13-9-24(10-14-26)31(34)38-27-15-17-28(18-16-27)39-21-22(2)3/h5,9-18,22H,2,4,6-8,19-21H2,1,3H3;4,7-18,22H,1,5-6,19-21H2,2-3H3. The molecule has 0 amide bonds. The Bertz CT molecular complexity index is 2910. The number of rotatable bonds is 29. The molecule has 0 saturated heterocycles. The van der Waals surface area contributed by atoms with Crippen LogP contribution in [0.3, 0.4) is 0 Å². The first-order valence-electron chi connectivity index (χ1n) is 25.8. The van der Waals surface area contributed by atoms with Gasteiger partial charge in [-0.3, -0.25) is 0 Å². The number of carbonyl (C=O) groups excluding carboxylic acids is 6. The molecule has 0 bridgehead atoms. The molecule has 0 radical (unpaired) electrons. The van der Waals surface area contributed by atoms with Crippen LogP contribution in [0.5, 0.6) is 40.2 Å². The second-order valence-corrected chi connectivity index (χ2v) is 18.9. The lowest BCUT2D eigenvalue weighted by Gasteiger charge is -2.11. The molecule has 0 aliphatic rings. The highest BCUT2D eigenvalue weighted by Crippen LogP contribution is 2.27. The molecule has 0 spiro atoms. The molecule has 79 heavy (non-hydrogen) atoms. The fourth-order valence-corrected chi connectivity index (χ4v) is 7.48. The average molecular weight is 1100 g/mol. The fraction of sp³-hybridized carbons (Fsp3) is 0.270. The largest absolute Gasteiger partial charge is 0.494 e. The van der Waals surface area contributed by atoms with Gasteiger partial charge in [0.15, 0.2) is 0 Å². The predicted octanol–water partition coefficient (Wildman–Crippen LogP) is 13.3. The van der Waals surface area contributed by atoms with Gasteiger partial charge in [-0.05, 0) is 190 Å². The zero-order chi connectivity index (χ0) is 56.8. The summed E-state index contributed by atoms with van der Waals surface area (Å²) in [5.74, 6) is 2.08. The minimum absolute atomic E-state index is 0.306. The summed E-state index contributed by atoms with van der Waals surface area (Å²) >= 11 is 1.76. The maximum Gasteiger partial charge on any atom is 0.343 e. The number of thioether (sulfide) groups is 1. The summed E-state index contributed by atoms with van der Waals surface area (Å²) in [6.45, 7) is 17.0. The van der Waals surface area contributed by atoms with E-state index in [0.717, 1.165) is 35.6 Å². The molecule has 6 aromatic carbocycles. The van der Waals surface area contributed by atoms with Gasteiger partial charge in [-0.25, -0.2) is 28.8 Å². The molecule has 6 aromatic rings. The summed E-state index contributed by atoms with van der Waals surface area (Å²) in [6.07, 6.45) is 7.03. The second-order valence-electron chi connectivity index (χ2n) is 17.8. The maximum atomic E-state index is 12.6. The van der Waals surface area contributed by atoms with E-state index in [4.69, 9.17) is 42.6 Å². The molecule has 414 valence electrons. The number of hydrogen-bond donors (Lipinski definition) is 0. The van der Waals surface area contributed by atoms with Crippen molar-refractivity contribution in [3.63, 3.8) is 0 Å². The van der Waals surface area contributed by atoms with E-state index >= 15 is 0 Å². The van der Waals surface area contributed by atoms with Crippen molar-refractivity contribution in [2.75, 3.05) is 38.8 Å². The van der Waals surface area contributed by atoms with Crippen LogP contribution in [-0.4, -0.2) is 74.6 Å². The molecule has 0 unspecified atom stereocenters. The van der Waals surface area contributed by atoms with E-state index in [9.17, 15) is 28.8 Å². The molecule has 0 saturated carbocycles. The highest BCUT2D eigenvalue weighted by molar-refractivity contribution is 7.99. The van der Waals surface area contributed by atoms with Crippen molar-refractivity contribution < 1.29 is 71.4 Å². The number of ether oxygens (including phenoxy) is 9. The lowest BCUT2D eigenvalue weighted by atomic mass is 10.2. The highest BCUT2D eigenvalue weighted by atomic mass is 32.2. The maximum absolute atomic E-state index is 12.6. The van der Waals surface area contributed by atoms with E-state index in [1.807, 2.05) is 12.1 Å². The molecule has 0 N–H and O–H groups in total. The van der Waals surface area contributed by atoms with Gasteiger partial charge in [-0.2, -0.15) is 0 Å². The molecule has 0 atom stereocenters. The van der Waals surface area contributed by atoms with E-state index in [1.54, 1.807) is 146 Å². The molecule has 0 aliphatic heterocycles. The highest BCUT2D eigenvalue weighted by Gasteiger charge is 2.16. The number of benzene rings is 6. The van der Waals surface area contributed by atoms with Crippen molar-refractivity contribution in [1.29, 1.82) is 0 Å². The van der Waals surface area contributed by atoms with E-state index < -0.39 is 35.8 Å². The molecule has 0 aliphatic carbocycles. The van der Waals surface area contributed by atoms with Crippen molar-refractivity contribution in [1.82, 2.24) is 0 Å². The van der Waals surface area contributed by atoms with Crippen LogP contribution in [0.15, 0.2) is 170 Å². The number of carbonyl (C=O) groups is 6. The van der Waals surface area contributed by atoms with E-state index in [-0.39, 0.29) is 0 Å². The van der Waals surface area contributed by atoms with Crippen molar-refractivity contribution in [3.05, 3.63) is 193 Å². The van der Waals surface area contributed by atoms with E-state index in [1.165, 1.54) is 0 Å². The predicted molar refractivity (Wildman–Crippen MR) is 301 cm³/mol. The Morgan fingerprint density at radius 1 is 0.443 bits per heavy atom. The van der Waals surface area contributed by atoms with Crippen LogP contribution in [-0.2, 0) is 19.1 Å². The minimum atomic E-state index is -0.531. The van der Waals surface area contributed by atoms with Gasteiger partial charge in [0, 0.05) is 22.8 Å². The summed E-state index contributed by atoms with van der Waals surface area (Å²) in [7, 11) is 0.